The third-order valence-electron chi connectivity index (χ3n) is 4.84. The number of hydrogen-bond acceptors (Lipinski definition) is 6. The molecular weight excluding hydrogens is 465 g/mol. The summed E-state index contributed by atoms with van der Waals surface area (Å²) in [5.41, 5.74) is 2.40. The van der Waals surface area contributed by atoms with Gasteiger partial charge in [0, 0.05) is 5.02 Å². The van der Waals surface area contributed by atoms with Crippen LogP contribution in [0.4, 0.5) is 0 Å². The predicted molar refractivity (Wildman–Crippen MR) is 126 cm³/mol. The van der Waals surface area contributed by atoms with E-state index in [1.165, 1.54) is 13.2 Å². The lowest BCUT2D eigenvalue weighted by atomic mass is 10.1. The molecule has 0 radical (unpaired) electrons. The molecule has 33 heavy (non-hydrogen) atoms. The van der Waals surface area contributed by atoms with Gasteiger partial charge >= 0.3 is 11.9 Å². The first-order valence-corrected chi connectivity index (χ1v) is 10.5. The number of carbonyl (C=O) groups excluding carboxylic acids is 2. The molecule has 6 nitrogen and oxygen atoms in total. The van der Waals surface area contributed by atoms with Crippen LogP contribution in [-0.4, -0.2) is 24.9 Å². The Balaban J connectivity index is 1.60. The van der Waals surface area contributed by atoms with Crippen molar-refractivity contribution in [2.24, 2.45) is 4.99 Å². The largest absolute Gasteiger partial charge is 0.493 e. The molecule has 0 N–H and O–H groups in total. The van der Waals surface area contributed by atoms with E-state index < -0.39 is 11.9 Å². The number of aliphatic imine (C=N–C) groups is 1. The summed E-state index contributed by atoms with van der Waals surface area (Å²) in [5.74, 6) is -0.457. The number of ether oxygens (including phenoxy) is 3. The van der Waals surface area contributed by atoms with Crippen molar-refractivity contribution in [3.8, 4) is 11.5 Å². The van der Waals surface area contributed by atoms with Gasteiger partial charge in [0.05, 0.1) is 23.3 Å². The maximum atomic E-state index is 12.5. The van der Waals surface area contributed by atoms with Gasteiger partial charge in [0.15, 0.2) is 17.2 Å². The van der Waals surface area contributed by atoms with Gasteiger partial charge in [0.1, 0.15) is 0 Å². The number of benzene rings is 3. The summed E-state index contributed by atoms with van der Waals surface area (Å²) in [6.07, 6.45) is 1.54. The molecular formula is C25H17Cl2NO5. The fraction of sp³-hybridized carbons (Fsp3) is 0.0800. The van der Waals surface area contributed by atoms with E-state index in [0.29, 0.717) is 32.5 Å². The minimum absolute atomic E-state index is 0.0859. The molecule has 0 bridgehead atoms. The maximum Gasteiger partial charge on any atom is 0.363 e. The molecule has 0 saturated heterocycles. The lowest BCUT2D eigenvalue weighted by Gasteiger charge is -2.11. The van der Waals surface area contributed by atoms with E-state index in [2.05, 4.69) is 4.99 Å². The second-order valence-electron chi connectivity index (χ2n) is 7.07. The molecule has 0 atom stereocenters. The maximum absolute atomic E-state index is 12.5. The Bertz CT molecular complexity index is 1330. The SMILES string of the molecule is COc1cc(/C=C2\N=C(c3ccc(Cl)cc3Cl)OC2=O)ccc1OC(=O)c1ccccc1C. The molecule has 1 aliphatic heterocycles. The van der Waals surface area contributed by atoms with Crippen LogP contribution in [0, 0.1) is 6.92 Å². The van der Waals surface area contributed by atoms with Gasteiger partial charge in [0.2, 0.25) is 5.90 Å². The van der Waals surface area contributed by atoms with Gasteiger partial charge < -0.3 is 14.2 Å². The number of carbonyl (C=O) groups is 2. The van der Waals surface area contributed by atoms with Gasteiger partial charge in [-0.2, -0.15) is 0 Å². The van der Waals surface area contributed by atoms with E-state index in [1.807, 2.05) is 19.1 Å². The smallest absolute Gasteiger partial charge is 0.363 e. The Hall–Kier alpha value is -3.61. The monoisotopic (exact) mass is 481 g/mol. The summed E-state index contributed by atoms with van der Waals surface area (Å²) in [7, 11) is 1.46. The first kappa shape index (κ1) is 22.6. The Kier molecular flexibility index (Phi) is 6.49. The number of halogens is 2. The highest BCUT2D eigenvalue weighted by atomic mass is 35.5. The van der Waals surface area contributed by atoms with E-state index in [9.17, 15) is 9.59 Å². The zero-order chi connectivity index (χ0) is 23.5. The third kappa shape index (κ3) is 4.92. The van der Waals surface area contributed by atoms with Crippen molar-refractivity contribution in [2.75, 3.05) is 7.11 Å². The Morgan fingerprint density at radius 2 is 1.82 bits per heavy atom. The predicted octanol–water partition coefficient (Wildman–Crippen LogP) is 5.87. The van der Waals surface area contributed by atoms with Crippen molar-refractivity contribution in [2.45, 2.75) is 6.92 Å². The summed E-state index contributed by atoms with van der Waals surface area (Å²) in [5, 5.41) is 0.775. The Labute approximate surface area is 200 Å². The van der Waals surface area contributed by atoms with E-state index in [0.717, 1.165) is 5.56 Å². The van der Waals surface area contributed by atoms with Crippen LogP contribution in [0.3, 0.4) is 0 Å². The van der Waals surface area contributed by atoms with Crippen LogP contribution in [0.25, 0.3) is 6.08 Å². The molecule has 3 aromatic carbocycles. The molecule has 0 aromatic heterocycles. The standard InChI is InChI=1S/C25H17Cl2NO5/c1-14-5-3-4-6-17(14)24(29)32-21-10-7-15(12-22(21)31-2)11-20-25(30)33-23(28-20)18-9-8-16(26)13-19(18)27/h3-13H,1-2H3/b20-11-. The van der Waals surface area contributed by atoms with Gasteiger partial charge in [-0.25, -0.2) is 14.6 Å². The number of aryl methyl sites for hydroxylation is 1. The molecule has 8 heteroatoms. The van der Waals surface area contributed by atoms with Gasteiger partial charge in [0.25, 0.3) is 0 Å². The number of hydrogen-bond donors (Lipinski definition) is 0. The second kappa shape index (κ2) is 9.48. The van der Waals surface area contributed by atoms with E-state index in [1.54, 1.807) is 48.5 Å². The van der Waals surface area contributed by atoms with Gasteiger partial charge in [-0.15, -0.1) is 0 Å². The normalized spacial score (nSPS) is 14.1. The molecule has 0 spiro atoms. The number of rotatable bonds is 5. The molecule has 0 fully saturated rings. The average molecular weight is 482 g/mol. The molecule has 3 aromatic rings. The van der Waals surface area contributed by atoms with Crippen LogP contribution < -0.4 is 9.47 Å². The number of cyclic esters (lactones) is 1. The first-order chi connectivity index (χ1) is 15.9. The average Bonchev–Trinajstić information content (AvgIpc) is 3.14. The molecule has 1 aliphatic rings. The summed E-state index contributed by atoms with van der Waals surface area (Å²) in [6, 6.07) is 16.8. The zero-order valence-corrected chi connectivity index (χ0v) is 19.1. The van der Waals surface area contributed by atoms with Crippen molar-refractivity contribution in [3.05, 3.63) is 98.7 Å². The van der Waals surface area contributed by atoms with Crippen LogP contribution in [0.2, 0.25) is 10.0 Å². The minimum atomic E-state index is -0.620. The van der Waals surface area contributed by atoms with Crippen molar-refractivity contribution in [3.63, 3.8) is 0 Å². The number of nitrogens with zero attached hydrogens (tertiary/aromatic N) is 1. The van der Waals surface area contributed by atoms with Gasteiger partial charge in [-0.3, -0.25) is 0 Å². The lowest BCUT2D eigenvalue weighted by molar-refractivity contribution is -0.129. The second-order valence-corrected chi connectivity index (χ2v) is 7.92. The van der Waals surface area contributed by atoms with E-state index in [-0.39, 0.29) is 17.3 Å². The quantitative estimate of drug-likeness (QED) is 0.258. The summed E-state index contributed by atoms with van der Waals surface area (Å²) in [6.45, 7) is 1.83. The van der Waals surface area contributed by atoms with Gasteiger partial charge in [-0.05, 0) is 60.5 Å². The van der Waals surface area contributed by atoms with Crippen molar-refractivity contribution < 1.29 is 23.8 Å². The number of methoxy groups -OCH3 is 1. The van der Waals surface area contributed by atoms with Crippen molar-refractivity contribution >= 4 is 47.1 Å². The van der Waals surface area contributed by atoms with Crippen molar-refractivity contribution in [1.29, 1.82) is 0 Å². The summed E-state index contributed by atoms with van der Waals surface area (Å²) < 4.78 is 16.2. The molecule has 4 rings (SSSR count). The van der Waals surface area contributed by atoms with E-state index >= 15 is 0 Å². The van der Waals surface area contributed by atoms with Crippen LogP contribution in [0.1, 0.15) is 27.0 Å². The molecule has 0 amide bonds. The highest BCUT2D eigenvalue weighted by Gasteiger charge is 2.26. The fourth-order valence-electron chi connectivity index (χ4n) is 3.16. The van der Waals surface area contributed by atoms with Crippen LogP contribution >= 0.6 is 23.2 Å². The highest BCUT2D eigenvalue weighted by molar-refractivity contribution is 6.37. The van der Waals surface area contributed by atoms with Crippen LogP contribution in [-0.2, 0) is 9.53 Å². The first-order valence-electron chi connectivity index (χ1n) is 9.79. The minimum Gasteiger partial charge on any atom is -0.493 e. The highest BCUT2D eigenvalue weighted by Crippen LogP contribution is 2.31. The van der Waals surface area contributed by atoms with E-state index in [4.69, 9.17) is 37.4 Å². The van der Waals surface area contributed by atoms with Gasteiger partial charge in [-0.1, -0.05) is 47.5 Å². The Morgan fingerprint density at radius 3 is 2.55 bits per heavy atom. The molecule has 0 unspecified atom stereocenters. The zero-order valence-electron chi connectivity index (χ0n) is 17.6. The topological polar surface area (TPSA) is 74.2 Å². The van der Waals surface area contributed by atoms with Crippen LogP contribution in [0.15, 0.2) is 71.4 Å². The molecule has 166 valence electrons. The third-order valence-corrected chi connectivity index (χ3v) is 5.39. The van der Waals surface area contributed by atoms with Crippen LogP contribution in [0.5, 0.6) is 11.5 Å². The number of esters is 2. The molecule has 0 saturated carbocycles. The molecule has 0 aliphatic carbocycles. The molecule has 1 heterocycles. The lowest BCUT2D eigenvalue weighted by Crippen LogP contribution is -2.10. The summed E-state index contributed by atoms with van der Waals surface area (Å²) in [4.78, 5) is 29.1. The summed E-state index contributed by atoms with van der Waals surface area (Å²) >= 11 is 12.1. The van der Waals surface area contributed by atoms with Crippen molar-refractivity contribution in [1.82, 2.24) is 0 Å². The fourth-order valence-corrected chi connectivity index (χ4v) is 3.65. The Morgan fingerprint density at radius 1 is 1.03 bits per heavy atom.